The van der Waals surface area contributed by atoms with E-state index in [1.807, 2.05) is 49.4 Å². The molecule has 1 heterocycles. The number of hydrogen-bond donors (Lipinski definition) is 1. The van der Waals surface area contributed by atoms with Gasteiger partial charge >= 0.3 is 0 Å². The molecule has 4 heteroatoms. The van der Waals surface area contributed by atoms with Crippen molar-refractivity contribution < 1.29 is 5.11 Å². The lowest BCUT2D eigenvalue weighted by atomic mass is 9.89. The third-order valence-corrected chi connectivity index (χ3v) is 4.89. The van der Waals surface area contributed by atoms with Crippen molar-refractivity contribution >= 4 is 11.0 Å². The third kappa shape index (κ3) is 2.73. The van der Waals surface area contributed by atoms with Crippen molar-refractivity contribution in [3.63, 3.8) is 0 Å². The number of aromatic nitrogens is 3. The van der Waals surface area contributed by atoms with Crippen LogP contribution in [0.15, 0.2) is 60.7 Å². The number of hydrogen-bond acceptors (Lipinski definition) is 3. The number of aromatic hydroxyl groups is 1. The standard InChI is InChI=1S/C22H21N3O/c1-14-11-12-17(16(3)18-8-6-7-15(2)22(18)26)21(13-14)25-23-19-9-4-5-10-20(19)24-25/h4-13,16,26H,1-3H3. The molecule has 0 aliphatic heterocycles. The number of phenolic OH excluding ortho intramolecular Hbond substituents is 1. The Kier molecular flexibility index (Phi) is 3.96. The monoisotopic (exact) mass is 343 g/mol. The van der Waals surface area contributed by atoms with Gasteiger partial charge in [0, 0.05) is 11.5 Å². The highest BCUT2D eigenvalue weighted by Crippen LogP contribution is 2.35. The van der Waals surface area contributed by atoms with Crippen LogP contribution in [0.3, 0.4) is 0 Å². The Hall–Kier alpha value is -3.14. The van der Waals surface area contributed by atoms with Gasteiger partial charge in [-0.25, -0.2) is 0 Å². The van der Waals surface area contributed by atoms with E-state index in [4.69, 9.17) is 0 Å². The summed E-state index contributed by atoms with van der Waals surface area (Å²) in [6.45, 7) is 6.08. The molecule has 4 rings (SSSR count). The first-order chi connectivity index (χ1) is 12.5. The van der Waals surface area contributed by atoms with Crippen molar-refractivity contribution in [3.8, 4) is 11.4 Å². The van der Waals surface area contributed by atoms with Gasteiger partial charge < -0.3 is 5.11 Å². The minimum absolute atomic E-state index is 0.0135. The predicted octanol–water partition coefficient (Wildman–Crippen LogP) is 4.89. The Morgan fingerprint density at radius 3 is 2.23 bits per heavy atom. The molecule has 4 aromatic rings. The summed E-state index contributed by atoms with van der Waals surface area (Å²) in [6.07, 6.45) is 0. The highest BCUT2D eigenvalue weighted by atomic mass is 16.3. The van der Waals surface area contributed by atoms with Crippen LogP contribution in [-0.2, 0) is 0 Å². The summed E-state index contributed by atoms with van der Waals surface area (Å²) in [5.41, 5.74) is 6.69. The lowest BCUT2D eigenvalue weighted by molar-refractivity contribution is 0.462. The van der Waals surface area contributed by atoms with Crippen LogP contribution in [-0.4, -0.2) is 20.1 Å². The smallest absolute Gasteiger partial charge is 0.122 e. The van der Waals surface area contributed by atoms with E-state index in [-0.39, 0.29) is 5.92 Å². The second-order valence-corrected chi connectivity index (χ2v) is 6.77. The van der Waals surface area contributed by atoms with E-state index >= 15 is 0 Å². The quantitative estimate of drug-likeness (QED) is 0.576. The van der Waals surface area contributed by atoms with E-state index in [1.165, 1.54) is 0 Å². The van der Waals surface area contributed by atoms with E-state index in [2.05, 4.69) is 42.2 Å². The number of aryl methyl sites for hydroxylation is 2. The Morgan fingerprint density at radius 1 is 0.846 bits per heavy atom. The minimum Gasteiger partial charge on any atom is -0.507 e. The molecular formula is C22H21N3O. The van der Waals surface area contributed by atoms with E-state index in [0.29, 0.717) is 5.75 Å². The predicted molar refractivity (Wildman–Crippen MR) is 104 cm³/mol. The van der Waals surface area contributed by atoms with Gasteiger partial charge in [0.15, 0.2) is 0 Å². The molecule has 0 radical (unpaired) electrons. The Morgan fingerprint density at radius 2 is 1.54 bits per heavy atom. The number of benzene rings is 3. The SMILES string of the molecule is Cc1ccc(C(C)c2cccc(C)c2O)c(-n2nc3ccccc3n2)c1. The van der Waals surface area contributed by atoms with Crippen LogP contribution in [0.5, 0.6) is 5.75 Å². The molecule has 0 aliphatic carbocycles. The Balaban J connectivity index is 1.88. The largest absolute Gasteiger partial charge is 0.507 e. The molecule has 0 aliphatic rings. The first-order valence-electron chi connectivity index (χ1n) is 8.76. The molecule has 0 saturated heterocycles. The molecule has 1 aromatic heterocycles. The average Bonchev–Trinajstić information content (AvgIpc) is 3.07. The van der Waals surface area contributed by atoms with Crippen molar-refractivity contribution in [2.45, 2.75) is 26.7 Å². The Labute approximate surface area is 152 Å². The average molecular weight is 343 g/mol. The third-order valence-electron chi connectivity index (χ3n) is 4.89. The number of phenols is 1. The minimum atomic E-state index is 0.0135. The second kappa shape index (κ2) is 6.30. The van der Waals surface area contributed by atoms with Gasteiger partial charge in [-0.05, 0) is 48.7 Å². The molecule has 0 spiro atoms. The molecule has 0 amide bonds. The van der Waals surface area contributed by atoms with E-state index in [9.17, 15) is 5.11 Å². The lowest BCUT2D eigenvalue weighted by Gasteiger charge is -2.19. The first kappa shape index (κ1) is 16.3. The van der Waals surface area contributed by atoms with Crippen LogP contribution in [0.25, 0.3) is 16.7 Å². The molecule has 4 nitrogen and oxygen atoms in total. The van der Waals surface area contributed by atoms with Gasteiger partial charge in [-0.15, -0.1) is 10.2 Å². The van der Waals surface area contributed by atoms with Crippen molar-refractivity contribution in [3.05, 3.63) is 82.9 Å². The number of nitrogens with zero attached hydrogens (tertiary/aromatic N) is 3. The van der Waals surface area contributed by atoms with Crippen LogP contribution in [0.2, 0.25) is 0 Å². The van der Waals surface area contributed by atoms with Gasteiger partial charge in [-0.1, -0.05) is 49.4 Å². The fraction of sp³-hybridized carbons (Fsp3) is 0.182. The van der Waals surface area contributed by atoms with E-state index in [1.54, 1.807) is 4.80 Å². The summed E-state index contributed by atoms with van der Waals surface area (Å²) >= 11 is 0. The zero-order valence-corrected chi connectivity index (χ0v) is 15.1. The van der Waals surface area contributed by atoms with Gasteiger partial charge in [0.05, 0.1) is 5.69 Å². The molecule has 130 valence electrons. The van der Waals surface area contributed by atoms with Crippen molar-refractivity contribution in [1.29, 1.82) is 0 Å². The van der Waals surface area contributed by atoms with Crippen LogP contribution in [0.1, 0.15) is 35.1 Å². The fourth-order valence-electron chi connectivity index (χ4n) is 3.36. The summed E-state index contributed by atoms with van der Waals surface area (Å²) < 4.78 is 0. The highest BCUT2D eigenvalue weighted by Gasteiger charge is 2.19. The number of para-hydroxylation sites is 1. The summed E-state index contributed by atoms with van der Waals surface area (Å²) in [7, 11) is 0. The van der Waals surface area contributed by atoms with Crippen LogP contribution >= 0.6 is 0 Å². The molecular weight excluding hydrogens is 322 g/mol. The molecule has 0 fully saturated rings. The van der Waals surface area contributed by atoms with Gasteiger partial charge in [0.1, 0.15) is 16.8 Å². The first-order valence-corrected chi connectivity index (χ1v) is 8.76. The fourth-order valence-corrected chi connectivity index (χ4v) is 3.36. The van der Waals surface area contributed by atoms with Crippen LogP contribution < -0.4 is 0 Å². The van der Waals surface area contributed by atoms with Gasteiger partial charge in [-0.3, -0.25) is 0 Å². The van der Waals surface area contributed by atoms with Crippen molar-refractivity contribution in [2.75, 3.05) is 0 Å². The maximum Gasteiger partial charge on any atom is 0.122 e. The van der Waals surface area contributed by atoms with Crippen molar-refractivity contribution in [2.24, 2.45) is 0 Å². The summed E-state index contributed by atoms with van der Waals surface area (Å²) in [6, 6.07) is 20.0. The van der Waals surface area contributed by atoms with E-state index < -0.39 is 0 Å². The normalized spacial score (nSPS) is 12.4. The topological polar surface area (TPSA) is 50.9 Å². The molecule has 1 N–H and O–H groups in total. The van der Waals surface area contributed by atoms with Crippen molar-refractivity contribution in [1.82, 2.24) is 15.0 Å². The van der Waals surface area contributed by atoms with Gasteiger partial charge in [-0.2, -0.15) is 4.80 Å². The molecule has 26 heavy (non-hydrogen) atoms. The molecule has 1 unspecified atom stereocenters. The zero-order chi connectivity index (χ0) is 18.3. The maximum absolute atomic E-state index is 10.5. The maximum atomic E-state index is 10.5. The van der Waals surface area contributed by atoms with Crippen LogP contribution in [0.4, 0.5) is 0 Å². The lowest BCUT2D eigenvalue weighted by Crippen LogP contribution is -2.07. The molecule has 0 bridgehead atoms. The molecule has 1 atom stereocenters. The second-order valence-electron chi connectivity index (χ2n) is 6.77. The zero-order valence-electron chi connectivity index (χ0n) is 15.1. The highest BCUT2D eigenvalue weighted by molar-refractivity contribution is 5.73. The number of fused-ring (bicyclic) bond motifs is 1. The summed E-state index contributed by atoms with van der Waals surface area (Å²) in [5.74, 6) is 0.365. The van der Waals surface area contributed by atoms with Gasteiger partial charge in [0.2, 0.25) is 0 Å². The Bertz CT molecular complexity index is 1060. The molecule has 3 aromatic carbocycles. The summed E-state index contributed by atoms with van der Waals surface area (Å²) in [4.78, 5) is 1.70. The van der Waals surface area contributed by atoms with E-state index in [0.717, 1.165) is 39.0 Å². The number of rotatable bonds is 3. The van der Waals surface area contributed by atoms with Crippen LogP contribution in [0, 0.1) is 13.8 Å². The summed E-state index contributed by atoms with van der Waals surface area (Å²) in [5, 5.41) is 19.8. The molecule has 0 saturated carbocycles. The van der Waals surface area contributed by atoms with Gasteiger partial charge in [0.25, 0.3) is 0 Å².